The van der Waals surface area contributed by atoms with E-state index in [2.05, 4.69) is 70.7 Å². The van der Waals surface area contributed by atoms with E-state index < -0.39 is 0 Å². The number of nitrogens with zero attached hydrogens (tertiary/aromatic N) is 2. The third kappa shape index (κ3) is 7.88. The summed E-state index contributed by atoms with van der Waals surface area (Å²) in [5.41, 5.74) is 3.18. The molecular weight excluding hydrogens is 532 g/mol. The van der Waals surface area contributed by atoms with Crippen molar-refractivity contribution < 1.29 is 14.3 Å². The molecule has 1 aromatic rings. The van der Waals surface area contributed by atoms with Gasteiger partial charge >= 0.3 is 5.97 Å². The molecule has 1 fully saturated rings. The minimum absolute atomic E-state index is 0. The Bertz CT molecular complexity index is 1130. The molecule has 2 aliphatic heterocycles. The summed E-state index contributed by atoms with van der Waals surface area (Å²) in [5.74, 6) is 1.87. The summed E-state index contributed by atoms with van der Waals surface area (Å²) in [6.45, 7) is 17.5. The van der Waals surface area contributed by atoms with Gasteiger partial charge in [0.25, 0.3) is 0 Å². The summed E-state index contributed by atoms with van der Waals surface area (Å²) in [6.07, 6.45) is 12.4. The average Bonchev–Trinajstić information content (AvgIpc) is 2.89. The predicted octanol–water partition coefficient (Wildman–Crippen LogP) is 8.89. The molecule has 228 valence electrons. The van der Waals surface area contributed by atoms with Crippen molar-refractivity contribution in [1.82, 2.24) is 4.90 Å². The number of carbonyl (C=O) groups excluding carboxylic acids is 1. The average molecular weight is 585 g/mol. The lowest BCUT2D eigenvalue weighted by Gasteiger charge is -2.47. The van der Waals surface area contributed by atoms with Crippen LogP contribution in [-0.2, 0) is 10.2 Å². The Hall–Kier alpha value is -2.03. The number of likely N-dealkylation sites (tertiary alicyclic amines) is 1. The molecule has 0 spiro atoms. The highest BCUT2D eigenvalue weighted by molar-refractivity contribution is 5.85. The number of hydrogen-bond donors (Lipinski definition) is 0. The van der Waals surface area contributed by atoms with Crippen LogP contribution in [0.15, 0.2) is 23.8 Å². The fourth-order valence-electron chi connectivity index (χ4n) is 7.11. The lowest BCUT2D eigenvalue weighted by molar-refractivity contribution is -0.138. The van der Waals surface area contributed by atoms with Gasteiger partial charge in [0.05, 0.1) is 12.0 Å². The molecule has 0 aromatic heterocycles. The Kier molecular flexibility index (Phi) is 11.4. The number of ether oxygens (including phenoxy) is 2. The maximum atomic E-state index is 13.6. The lowest BCUT2D eigenvalue weighted by Crippen LogP contribution is -2.45. The molecule has 2 unspecified atom stereocenters. The van der Waals surface area contributed by atoms with Gasteiger partial charge in [0, 0.05) is 29.9 Å². The summed E-state index contributed by atoms with van der Waals surface area (Å²) in [4.78, 5) is 16.1. The van der Waals surface area contributed by atoms with E-state index in [9.17, 15) is 4.79 Å². The van der Waals surface area contributed by atoms with Gasteiger partial charge in [-0.25, -0.2) is 0 Å². The third-order valence-corrected chi connectivity index (χ3v) is 10.0. The van der Waals surface area contributed by atoms with E-state index in [1.165, 1.54) is 24.8 Å². The van der Waals surface area contributed by atoms with Crippen molar-refractivity contribution >= 4 is 18.4 Å². The fraction of sp³-hybridized carbons (Fsp3) is 0.714. The first-order valence-corrected chi connectivity index (χ1v) is 15.8. The van der Waals surface area contributed by atoms with E-state index in [1.54, 1.807) is 0 Å². The molecule has 0 bridgehead atoms. The van der Waals surface area contributed by atoms with Crippen LogP contribution in [0.2, 0.25) is 0 Å². The van der Waals surface area contributed by atoms with Crippen LogP contribution in [0.5, 0.6) is 11.5 Å². The molecule has 2 heterocycles. The minimum atomic E-state index is -0.301. The zero-order valence-electron chi connectivity index (χ0n) is 26.6. The van der Waals surface area contributed by atoms with Crippen molar-refractivity contribution in [2.24, 2.45) is 11.8 Å². The van der Waals surface area contributed by atoms with Gasteiger partial charge in [-0.3, -0.25) is 4.79 Å². The summed E-state index contributed by atoms with van der Waals surface area (Å²) in [6, 6.07) is 7.20. The number of allylic oxidation sites excluding steroid dienone is 2. The normalized spacial score (nSPS) is 24.4. The van der Waals surface area contributed by atoms with Crippen LogP contribution in [0.1, 0.15) is 130 Å². The standard InChI is InChI=1S/C35H52N2O3.ClH/c1-24-14-15-29-28(21-24)32-30(39-33(38)25(2)16-20-37-19-12-9-13-26(37)3)22-27(23-31(32)40-35(29,6)7)34(4,5)17-10-8-11-18-36;/h14,22-23,25-26,28-29H,8-13,15-17,19-21H2,1-7H3;1H/t25?,26?,28-,29-;/m1./s1. The smallest absolute Gasteiger partial charge is 0.314 e. The highest BCUT2D eigenvalue weighted by Gasteiger charge is 2.46. The van der Waals surface area contributed by atoms with Crippen molar-refractivity contribution in [2.75, 3.05) is 13.1 Å². The van der Waals surface area contributed by atoms with Gasteiger partial charge < -0.3 is 14.4 Å². The zero-order chi connectivity index (χ0) is 29.1. The minimum Gasteiger partial charge on any atom is -0.487 e. The number of benzene rings is 1. The molecule has 41 heavy (non-hydrogen) atoms. The first-order chi connectivity index (χ1) is 18.9. The van der Waals surface area contributed by atoms with Gasteiger partial charge in [-0.2, -0.15) is 5.26 Å². The number of rotatable bonds is 10. The van der Waals surface area contributed by atoms with Gasteiger partial charge in [-0.1, -0.05) is 45.3 Å². The number of piperidine rings is 1. The van der Waals surface area contributed by atoms with Crippen LogP contribution in [0.4, 0.5) is 0 Å². The predicted molar refractivity (Wildman–Crippen MR) is 169 cm³/mol. The molecule has 0 amide bonds. The highest BCUT2D eigenvalue weighted by Crippen LogP contribution is 2.55. The van der Waals surface area contributed by atoms with E-state index in [0.717, 1.165) is 68.5 Å². The Labute approximate surface area is 255 Å². The Morgan fingerprint density at radius 1 is 1.27 bits per heavy atom. The first kappa shape index (κ1) is 33.5. The summed E-state index contributed by atoms with van der Waals surface area (Å²) >= 11 is 0. The van der Waals surface area contributed by atoms with Crippen LogP contribution in [0.25, 0.3) is 0 Å². The second-order valence-corrected chi connectivity index (χ2v) is 14.0. The number of esters is 1. The molecule has 5 nitrogen and oxygen atoms in total. The molecule has 1 aliphatic carbocycles. The second kappa shape index (κ2) is 14.0. The van der Waals surface area contributed by atoms with Crippen molar-refractivity contribution in [3.63, 3.8) is 0 Å². The molecule has 4 rings (SSSR count). The van der Waals surface area contributed by atoms with E-state index in [0.29, 0.717) is 24.1 Å². The molecule has 6 heteroatoms. The Morgan fingerprint density at radius 2 is 2.02 bits per heavy atom. The van der Waals surface area contributed by atoms with Gasteiger partial charge in [0.1, 0.15) is 17.1 Å². The van der Waals surface area contributed by atoms with Gasteiger partial charge in [-0.05, 0) is 109 Å². The van der Waals surface area contributed by atoms with Crippen LogP contribution in [0, 0.1) is 23.2 Å². The quantitative estimate of drug-likeness (QED) is 0.119. The summed E-state index contributed by atoms with van der Waals surface area (Å²) in [5, 5.41) is 8.98. The summed E-state index contributed by atoms with van der Waals surface area (Å²) in [7, 11) is 0. The van der Waals surface area contributed by atoms with Crippen molar-refractivity contribution in [2.45, 2.75) is 136 Å². The number of halogens is 1. The van der Waals surface area contributed by atoms with E-state index in [1.807, 2.05) is 6.92 Å². The monoisotopic (exact) mass is 584 g/mol. The largest absolute Gasteiger partial charge is 0.487 e. The van der Waals surface area contributed by atoms with Crippen LogP contribution in [-0.4, -0.2) is 35.6 Å². The van der Waals surface area contributed by atoms with E-state index in [4.69, 9.17) is 14.7 Å². The number of nitriles is 1. The number of fused-ring (bicyclic) bond motifs is 3. The van der Waals surface area contributed by atoms with Crippen LogP contribution in [0.3, 0.4) is 0 Å². The first-order valence-electron chi connectivity index (χ1n) is 15.8. The molecule has 1 aromatic carbocycles. The van der Waals surface area contributed by atoms with Crippen molar-refractivity contribution in [3.8, 4) is 17.6 Å². The third-order valence-electron chi connectivity index (χ3n) is 10.0. The number of hydrogen-bond acceptors (Lipinski definition) is 5. The van der Waals surface area contributed by atoms with Gasteiger partial charge in [-0.15, -0.1) is 12.4 Å². The molecule has 0 radical (unpaired) electrons. The van der Waals surface area contributed by atoms with Crippen molar-refractivity contribution in [1.29, 1.82) is 5.26 Å². The lowest BCUT2D eigenvalue weighted by atomic mass is 9.66. The van der Waals surface area contributed by atoms with Crippen molar-refractivity contribution in [3.05, 3.63) is 34.9 Å². The zero-order valence-corrected chi connectivity index (χ0v) is 27.4. The fourth-order valence-corrected chi connectivity index (χ4v) is 7.11. The van der Waals surface area contributed by atoms with Crippen LogP contribution >= 0.6 is 12.4 Å². The van der Waals surface area contributed by atoms with Crippen LogP contribution < -0.4 is 9.47 Å². The SMILES string of the molecule is CC1=CC[C@@H]2[C@@H](C1)c1c(OC(=O)C(C)CCN3CCCCC3C)cc(C(C)(C)CCCCC#N)cc1OC2(C)C.Cl. The molecular formula is C35H53ClN2O3. The van der Waals surface area contributed by atoms with E-state index >= 15 is 0 Å². The highest BCUT2D eigenvalue weighted by atomic mass is 35.5. The topological polar surface area (TPSA) is 62.6 Å². The number of unbranched alkanes of at least 4 members (excludes halogenated alkanes) is 2. The maximum absolute atomic E-state index is 13.6. The molecule has 4 atom stereocenters. The second-order valence-electron chi connectivity index (χ2n) is 14.0. The van der Waals surface area contributed by atoms with Gasteiger partial charge in [0.2, 0.25) is 0 Å². The molecule has 0 saturated carbocycles. The Morgan fingerprint density at radius 3 is 2.73 bits per heavy atom. The molecule has 3 aliphatic rings. The summed E-state index contributed by atoms with van der Waals surface area (Å²) < 4.78 is 13.1. The Balaban J connectivity index is 0.00000462. The maximum Gasteiger partial charge on any atom is 0.314 e. The van der Waals surface area contributed by atoms with Gasteiger partial charge in [0.15, 0.2) is 0 Å². The molecule has 1 saturated heterocycles. The molecule has 0 N–H and O–H groups in total. The number of carbonyl (C=O) groups is 1. The van der Waals surface area contributed by atoms with E-state index in [-0.39, 0.29) is 41.2 Å².